The van der Waals surface area contributed by atoms with Crippen molar-refractivity contribution in [3.63, 3.8) is 0 Å². The molecule has 0 fully saturated rings. The van der Waals surface area contributed by atoms with Gasteiger partial charge >= 0.3 is 5.97 Å². The summed E-state index contributed by atoms with van der Waals surface area (Å²) in [4.78, 5) is 26.0. The average molecular weight is 421 g/mol. The van der Waals surface area contributed by atoms with Gasteiger partial charge in [-0.1, -0.05) is 24.8 Å². The summed E-state index contributed by atoms with van der Waals surface area (Å²) in [5.74, 6) is 0.949. The monoisotopic (exact) mass is 420 g/mol. The van der Waals surface area contributed by atoms with Gasteiger partial charge in [-0.3, -0.25) is 4.79 Å². The first-order valence-electron chi connectivity index (χ1n) is 9.10. The molecular weight excluding hydrogens is 396 g/mol. The normalized spacial score (nSPS) is 15.8. The summed E-state index contributed by atoms with van der Waals surface area (Å²) in [7, 11) is 1.37. The molecular formula is C19H24N4O3S2. The van der Waals surface area contributed by atoms with Crippen LogP contribution in [0.4, 0.5) is 5.00 Å². The molecule has 3 rings (SSSR count). The van der Waals surface area contributed by atoms with Crippen molar-refractivity contribution >= 4 is 40.0 Å². The highest BCUT2D eigenvalue weighted by atomic mass is 32.2. The van der Waals surface area contributed by atoms with Crippen molar-refractivity contribution < 1.29 is 14.3 Å². The molecule has 1 unspecified atom stereocenters. The van der Waals surface area contributed by atoms with Gasteiger partial charge in [0.15, 0.2) is 5.16 Å². The summed E-state index contributed by atoms with van der Waals surface area (Å²) in [5.41, 5.74) is 1.54. The minimum absolute atomic E-state index is 0.175. The highest BCUT2D eigenvalue weighted by Crippen LogP contribution is 2.40. The topological polar surface area (TPSA) is 86.1 Å². The van der Waals surface area contributed by atoms with E-state index in [-0.39, 0.29) is 11.7 Å². The molecule has 2 aromatic heterocycles. The number of hydrogen-bond acceptors (Lipinski definition) is 7. The molecule has 1 N–H and O–H groups in total. The molecule has 28 heavy (non-hydrogen) atoms. The molecule has 7 nitrogen and oxygen atoms in total. The van der Waals surface area contributed by atoms with Crippen molar-refractivity contribution in [2.75, 3.05) is 18.2 Å². The van der Waals surface area contributed by atoms with Gasteiger partial charge in [-0.2, -0.15) is 0 Å². The first kappa shape index (κ1) is 20.6. The molecule has 0 saturated carbocycles. The summed E-state index contributed by atoms with van der Waals surface area (Å²) in [6.07, 6.45) is 4.57. The van der Waals surface area contributed by atoms with Crippen molar-refractivity contribution in [2.24, 2.45) is 5.92 Å². The maximum absolute atomic E-state index is 12.5. The van der Waals surface area contributed by atoms with Gasteiger partial charge in [0.2, 0.25) is 5.91 Å². The van der Waals surface area contributed by atoms with Crippen LogP contribution in [0.15, 0.2) is 17.8 Å². The number of rotatable bonds is 7. The van der Waals surface area contributed by atoms with E-state index >= 15 is 0 Å². The largest absolute Gasteiger partial charge is 0.465 e. The van der Waals surface area contributed by atoms with Crippen LogP contribution >= 0.6 is 23.1 Å². The quantitative estimate of drug-likeness (QED) is 0.419. The number of amides is 1. The zero-order valence-electron chi connectivity index (χ0n) is 16.3. The van der Waals surface area contributed by atoms with E-state index in [9.17, 15) is 9.59 Å². The lowest BCUT2D eigenvalue weighted by atomic mass is 9.88. The Bertz CT molecular complexity index is 903. The number of nitrogens with one attached hydrogen (secondary N) is 1. The van der Waals surface area contributed by atoms with Gasteiger partial charge in [0, 0.05) is 11.4 Å². The Kier molecular flexibility index (Phi) is 6.56. The summed E-state index contributed by atoms with van der Waals surface area (Å²) in [6.45, 7) is 8.39. The molecule has 0 spiro atoms. The number of fused-ring (bicyclic) bond motifs is 1. The van der Waals surface area contributed by atoms with Crippen LogP contribution in [0.2, 0.25) is 0 Å². The highest BCUT2D eigenvalue weighted by molar-refractivity contribution is 7.99. The minimum atomic E-state index is -0.392. The van der Waals surface area contributed by atoms with Gasteiger partial charge in [0.25, 0.3) is 0 Å². The molecule has 9 heteroatoms. The first-order chi connectivity index (χ1) is 13.4. The zero-order valence-corrected chi connectivity index (χ0v) is 17.9. The molecule has 2 aromatic rings. The number of anilines is 1. The molecule has 0 saturated heterocycles. The number of thioether (sulfide) groups is 1. The van der Waals surface area contributed by atoms with Gasteiger partial charge in [0.05, 0.1) is 18.4 Å². The lowest BCUT2D eigenvalue weighted by Crippen LogP contribution is -2.17. The predicted molar refractivity (Wildman–Crippen MR) is 111 cm³/mol. The molecule has 2 heterocycles. The van der Waals surface area contributed by atoms with Crippen molar-refractivity contribution in [3.05, 3.63) is 34.5 Å². The second kappa shape index (κ2) is 8.91. The molecule has 1 aliphatic carbocycles. The Balaban J connectivity index is 1.73. The van der Waals surface area contributed by atoms with Crippen molar-refractivity contribution in [2.45, 2.75) is 44.8 Å². The highest BCUT2D eigenvalue weighted by Gasteiger charge is 2.29. The zero-order chi connectivity index (χ0) is 20.3. The number of ether oxygens (including phenoxy) is 1. The number of allylic oxidation sites excluding steroid dienone is 1. The minimum Gasteiger partial charge on any atom is -0.465 e. The molecule has 1 atom stereocenters. The Hall–Kier alpha value is -2.13. The van der Waals surface area contributed by atoms with Gasteiger partial charge in [-0.25, -0.2) is 4.79 Å². The van der Waals surface area contributed by atoms with E-state index in [0.29, 0.717) is 28.2 Å². The van der Waals surface area contributed by atoms with Crippen LogP contribution in [0.5, 0.6) is 0 Å². The van der Waals surface area contributed by atoms with Crippen LogP contribution in [0, 0.1) is 12.8 Å². The number of carbonyl (C=O) groups excluding carboxylic acids is 2. The van der Waals surface area contributed by atoms with E-state index in [1.807, 2.05) is 11.5 Å². The van der Waals surface area contributed by atoms with Gasteiger partial charge in [-0.05, 0) is 37.7 Å². The van der Waals surface area contributed by atoms with Crippen LogP contribution in [0.1, 0.15) is 40.0 Å². The molecule has 0 bridgehead atoms. The molecule has 0 aliphatic heterocycles. The summed E-state index contributed by atoms with van der Waals surface area (Å²) >= 11 is 2.79. The SMILES string of the molecule is C=CCn1c(C)nnc1SCC(=O)Nc1sc2c(c1C(=O)OC)CCC(C)C2. The number of aryl methyl sites for hydroxylation is 1. The lowest BCUT2D eigenvalue weighted by molar-refractivity contribution is -0.113. The first-order valence-corrected chi connectivity index (χ1v) is 10.9. The fraction of sp³-hybridized carbons (Fsp3) is 0.474. The fourth-order valence-electron chi connectivity index (χ4n) is 3.26. The third-order valence-electron chi connectivity index (χ3n) is 4.70. The van der Waals surface area contributed by atoms with E-state index in [1.165, 1.54) is 35.1 Å². The standard InChI is InChI=1S/C19H24N4O3S2/c1-5-8-23-12(3)21-22-19(23)27-10-15(24)20-17-16(18(25)26-4)13-7-6-11(2)9-14(13)28-17/h5,11H,1,6-10H2,2-4H3,(H,20,24). The summed E-state index contributed by atoms with van der Waals surface area (Å²) in [5, 5.41) is 12.3. The van der Waals surface area contributed by atoms with Crippen LogP contribution in [-0.4, -0.2) is 39.5 Å². The van der Waals surface area contributed by atoms with E-state index < -0.39 is 5.97 Å². The molecule has 150 valence electrons. The van der Waals surface area contributed by atoms with Gasteiger partial charge in [0.1, 0.15) is 10.8 Å². The summed E-state index contributed by atoms with van der Waals surface area (Å²) in [6, 6.07) is 0. The lowest BCUT2D eigenvalue weighted by Gasteiger charge is -2.18. The number of nitrogens with zero attached hydrogens (tertiary/aromatic N) is 3. The molecule has 0 aromatic carbocycles. The number of carbonyl (C=O) groups is 2. The van der Waals surface area contributed by atoms with Crippen LogP contribution in [0.3, 0.4) is 0 Å². The third-order valence-corrected chi connectivity index (χ3v) is 6.84. The third kappa shape index (κ3) is 4.30. The van der Waals surface area contributed by atoms with E-state index in [2.05, 4.69) is 29.0 Å². The number of hydrogen-bond donors (Lipinski definition) is 1. The smallest absolute Gasteiger partial charge is 0.341 e. The van der Waals surface area contributed by atoms with Crippen LogP contribution in [-0.2, 0) is 28.9 Å². The van der Waals surface area contributed by atoms with E-state index in [4.69, 9.17) is 4.74 Å². The Morgan fingerprint density at radius 3 is 2.96 bits per heavy atom. The van der Waals surface area contributed by atoms with Crippen LogP contribution in [0.25, 0.3) is 0 Å². The second-order valence-electron chi connectivity index (χ2n) is 6.81. The number of thiophene rings is 1. The van der Waals surface area contributed by atoms with Crippen molar-refractivity contribution in [3.8, 4) is 0 Å². The maximum Gasteiger partial charge on any atom is 0.341 e. The predicted octanol–water partition coefficient (Wildman–Crippen LogP) is 3.48. The van der Waals surface area contributed by atoms with E-state index in [0.717, 1.165) is 30.7 Å². The van der Waals surface area contributed by atoms with Gasteiger partial charge < -0.3 is 14.6 Å². The molecule has 0 radical (unpaired) electrons. The van der Waals surface area contributed by atoms with E-state index in [1.54, 1.807) is 6.08 Å². The fourth-order valence-corrected chi connectivity index (χ4v) is 5.47. The number of aromatic nitrogens is 3. The second-order valence-corrected chi connectivity index (χ2v) is 8.86. The van der Waals surface area contributed by atoms with Crippen LogP contribution < -0.4 is 5.32 Å². The number of methoxy groups -OCH3 is 1. The molecule has 1 amide bonds. The van der Waals surface area contributed by atoms with Crippen molar-refractivity contribution in [1.29, 1.82) is 0 Å². The number of esters is 1. The Morgan fingerprint density at radius 2 is 2.25 bits per heavy atom. The average Bonchev–Trinajstić information content (AvgIpc) is 3.19. The maximum atomic E-state index is 12.5. The summed E-state index contributed by atoms with van der Waals surface area (Å²) < 4.78 is 6.86. The van der Waals surface area contributed by atoms with Crippen molar-refractivity contribution in [1.82, 2.24) is 14.8 Å². The Morgan fingerprint density at radius 1 is 1.46 bits per heavy atom. The Labute approximate surface area is 172 Å². The molecule has 1 aliphatic rings. The van der Waals surface area contributed by atoms with Gasteiger partial charge in [-0.15, -0.1) is 28.1 Å².